The Hall–Kier alpha value is -1.85. The largest absolute Gasteiger partial charge is 0.357 e. The molecule has 6 nitrogen and oxygen atoms in total. The predicted octanol–water partition coefficient (Wildman–Crippen LogP) is 1.74. The standard InChI is InChI=1S/C13H23N5O/c1-5-7-8-9-18(4)13(14-6-2)15-10-12-16-11(3)17-19-12/h5H,1,6-10H2,2-4H3,(H,14,15). The first-order valence-corrected chi connectivity index (χ1v) is 6.57. The Kier molecular flexibility index (Phi) is 6.63. The number of nitrogens with zero attached hydrogens (tertiary/aromatic N) is 4. The Balaban J connectivity index is 2.56. The van der Waals surface area contributed by atoms with Gasteiger partial charge >= 0.3 is 0 Å². The molecule has 0 saturated carbocycles. The number of rotatable bonds is 7. The number of aryl methyl sites for hydroxylation is 1. The summed E-state index contributed by atoms with van der Waals surface area (Å²) in [5.74, 6) is 2.02. The summed E-state index contributed by atoms with van der Waals surface area (Å²) in [6.45, 7) is 9.72. The minimum atomic E-state index is 0.398. The van der Waals surface area contributed by atoms with Crippen LogP contribution in [0, 0.1) is 6.92 Å². The van der Waals surface area contributed by atoms with E-state index in [0.717, 1.165) is 31.9 Å². The summed E-state index contributed by atoms with van der Waals surface area (Å²) in [4.78, 5) is 10.7. The normalized spacial score (nSPS) is 11.4. The quantitative estimate of drug-likeness (QED) is 0.352. The molecule has 0 amide bonds. The van der Waals surface area contributed by atoms with Crippen molar-refractivity contribution in [2.24, 2.45) is 4.99 Å². The van der Waals surface area contributed by atoms with Gasteiger partial charge in [0.2, 0.25) is 5.89 Å². The van der Waals surface area contributed by atoms with Gasteiger partial charge in [-0.05, 0) is 26.7 Å². The molecule has 0 aromatic carbocycles. The first-order valence-electron chi connectivity index (χ1n) is 6.57. The van der Waals surface area contributed by atoms with Crippen molar-refractivity contribution in [3.63, 3.8) is 0 Å². The van der Waals surface area contributed by atoms with Crippen LogP contribution in [0.25, 0.3) is 0 Å². The SMILES string of the molecule is C=CCCCN(C)C(=NCc1nc(C)no1)NCC. The van der Waals surface area contributed by atoms with Crippen LogP contribution in [-0.2, 0) is 6.54 Å². The van der Waals surface area contributed by atoms with Crippen LogP contribution in [0.1, 0.15) is 31.5 Å². The van der Waals surface area contributed by atoms with Gasteiger partial charge in [-0.25, -0.2) is 4.99 Å². The van der Waals surface area contributed by atoms with Crippen molar-refractivity contribution >= 4 is 5.96 Å². The molecule has 0 radical (unpaired) electrons. The summed E-state index contributed by atoms with van der Waals surface area (Å²) in [6.07, 6.45) is 4.00. The third-order valence-corrected chi connectivity index (χ3v) is 2.53. The summed E-state index contributed by atoms with van der Waals surface area (Å²) in [5, 5.41) is 6.99. The first-order chi connectivity index (χ1) is 9.17. The molecule has 0 spiro atoms. The van der Waals surface area contributed by atoms with Gasteiger partial charge in [-0.3, -0.25) is 0 Å². The molecule has 1 rings (SSSR count). The van der Waals surface area contributed by atoms with Gasteiger partial charge in [-0.15, -0.1) is 6.58 Å². The number of nitrogens with one attached hydrogen (secondary N) is 1. The highest BCUT2D eigenvalue weighted by atomic mass is 16.5. The average Bonchev–Trinajstić information content (AvgIpc) is 2.80. The summed E-state index contributed by atoms with van der Waals surface area (Å²) in [5.41, 5.74) is 0. The van der Waals surface area contributed by atoms with Gasteiger partial charge in [-0.2, -0.15) is 4.98 Å². The zero-order valence-corrected chi connectivity index (χ0v) is 12.0. The predicted molar refractivity (Wildman–Crippen MR) is 75.9 cm³/mol. The van der Waals surface area contributed by atoms with Gasteiger partial charge in [-0.1, -0.05) is 11.2 Å². The molecule has 6 heteroatoms. The third kappa shape index (κ3) is 5.54. The minimum Gasteiger partial charge on any atom is -0.357 e. The lowest BCUT2D eigenvalue weighted by Gasteiger charge is -2.21. The lowest BCUT2D eigenvalue weighted by Crippen LogP contribution is -2.39. The second kappa shape index (κ2) is 8.29. The molecule has 0 fully saturated rings. The van der Waals surface area contributed by atoms with Crippen LogP contribution in [0.15, 0.2) is 22.2 Å². The van der Waals surface area contributed by atoms with Crippen molar-refractivity contribution in [1.82, 2.24) is 20.4 Å². The molecule has 0 unspecified atom stereocenters. The van der Waals surface area contributed by atoms with Crippen LogP contribution in [0.2, 0.25) is 0 Å². The van der Waals surface area contributed by atoms with Crippen LogP contribution < -0.4 is 5.32 Å². The maximum absolute atomic E-state index is 5.04. The lowest BCUT2D eigenvalue weighted by molar-refractivity contribution is 0.375. The third-order valence-electron chi connectivity index (χ3n) is 2.53. The molecule has 0 aliphatic rings. The van der Waals surface area contributed by atoms with Gasteiger partial charge in [0.05, 0.1) is 0 Å². The first kappa shape index (κ1) is 15.2. The fourth-order valence-electron chi connectivity index (χ4n) is 1.60. The highest BCUT2D eigenvalue weighted by molar-refractivity contribution is 5.79. The zero-order chi connectivity index (χ0) is 14.1. The Bertz CT molecular complexity index is 413. The lowest BCUT2D eigenvalue weighted by atomic mass is 10.3. The van der Waals surface area contributed by atoms with E-state index in [-0.39, 0.29) is 0 Å². The van der Waals surface area contributed by atoms with Crippen LogP contribution in [0.5, 0.6) is 0 Å². The molecule has 106 valence electrons. The topological polar surface area (TPSA) is 66.5 Å². The average molecular weight is 265 g/mol. The van der Waals surface area contributed by atoms with Crippen molar-refractivity contribution in [2.45, 2.75) is 33.2 Å². The smallest absolute Gasteiger partial charge is 0.248 e. The monoisotopic (exact) mass is 265 g/mol. The maximum atomic E-state index is 5.04. The molecule has 1 aromatic rings. The van der Waals surface area contributed by atoms with Crippen molar-refractivity contribution in [1.29, 1.82) is 0 Å². The van der Waals surface area contributed by atoms with Crippen LogP contribution >= 0.6 is 0 Å². The molecule has 0 saturated heterocycles. The number of hydrogen-bond acceptors (Lipinski definition) is 4. The van der Waals surface area contributed by atoms with Crippen molar-refractivity contribution in [3.05, 3.63) is 24.4 Å². The molecule has 0 bridgehead atoms. The second-order valence-corrected chi connectivity index (χ2v) is 4.26. The number of hydrogen-bond donors (Lipinski definition) is 1. The molecule has 19 heavy (non-hydrogen) atoms. The number of guanidine groups is 1. The van der Waals surface area contributed by atoms with E-state index in [1.54, 1.807) is 6.92 Å². The van der Waals surface area contributed by atoms with E-state index >= 15 is 0 Å². The van der Waals surface area contributed by atoms with Crippen LogP contribution in [0.4, 0.5) is 0 Å². The van der Waals surface area contributed by atoms with Crippen molar-refractivity contribution in [3.8, 4) is 0 Å². The zero-order valence-electron chi connectivity index (χ0n) is 12.0. The molecular weight excluding hydrogens is 242 g/mol. The van der Waals surface area contributed by atoms with E-state index < -0.39 is 0 Å². The van der Waals surface area contributed by atoms with Gasteiger partial charge in [0.15, 0.2) is 11.8 Å². The number of aromatic nitrogens is 2. The fourth-order valence-corrected chi connectivity index (χ4v) is 1.60. The minimum absolute atomic E-state index is 0.398. The molecule has 1 heterocycles. The number of allylic oxidation sites excluding steroid dienone is 1. The van der Waals surface area contributed by atoms with Crippen molar-refractivity contribution in [2.75, 3.05) is 20.1 Å². The highest BCUT2D eigenvalue weighted by Gasteiger charge is 2.06. The van der Waals surface area contributed by atoms with E-state index in [2.05, 4.69) is 31.9 Å². The van der Waals surface area contributed by atoms with E-state index in [1.165, 1.54) is 0 Å². The van der Waals surface area contributed by atoms with E-state index in [4.69, 9.17) is 4.52 Å². The Morgan fingerprint density at radius 2 is 2.37 bits per heavy atom. The Morgan fingerprint density at radius 3 is 2.95 bits per heavy atom. The van der Waals surface area contributed by atoms with E-state index in [9.17, 15) is 0 Å². The number of aliphatic imine (C=N–C) groups is 1. The van der Waals surface area contributed by atoms with Crippen LogP contribution in [0.3, 0.4) is 0 Å². The van der Waals surface area contributed by atoms with E-state index in [0.29, 0.717) is 18.3 Å². The summed E-state index contributed by atoms with van der Waals surface area (Å²) in [7, 11) is 2.02. The summed E-state index contributed by atoms with van der Waals surface area (Å²) >= 11 is 0. The van der Waals surface area contributed by atoms with Gasteiger partial charge in [0.1, 0.15) is 6.54 Å². The van der Waals surface area contributed by atoms with E-state index in [1.807, 2.05) is 20.0 Å². The molecule has 0 aliphatic heterocycles. The summed E-state index contributed by atoms with van der Waals surface area (Å²) < 4.78 is 5.04. The molecule has 1 N–H and O–H groups in total. The van der Waals surface area contributed by atoms with Gasteiger partial charge < -0.3 is 14.7 Å². The maximum Gasteiger partial charge on any atom is 0.248 e. The molecule has 0 aliphatic carbocycles. The summed E-state index contributed by atoms with van der Waals surface area (Å²) in [6, 6.07) is 0. The fraction of sp³-hybridized carbons (Fsp3) is 0.615. The van der Waals surface area contributed by atoms with Gasteiger partial charge in [0, 0.05) is 20.1 Å². The highest BCUT2D eigenvalue weighted by Crippen LogP contribution is 2.00. The molecule has 1 aromatic heterocycles. The number of unbranched alkanes of at least 4 members (excludes halogenated alkanes) is 1. The molecular formula is C13H23N5O. The van der Waals surface area contributed by atoms with Gasteiger partial charge in [0.25, 0.3) is 0 Å². The second-order valence-electron chi connectivity index (χ2n) is 4.26. The van der Waals surface area contributed by atoms with Crippen molar-refractivity contribution < 1.29 is 4.52 Å². The Morgan fingerprint density at radius 1 is 1.58 bits per heavy atom. The van der Waals surface area contributed by atoms with Crippen LogP contribution in [-0.4, -0.2) is 41.1 Å². The Labute approximate surface area is 114 Å². The molecule has 0 atom stereocenters.